The van der Waals surface area contributed by atoms with Gasteiger partial charge in [-0.25, -0.2) is 13.8 Å². The molecule has 1 atom stereocenters. The second-order valence-electron chi connectivity index (χ2n) is 5.40. The number of benzene rings is 2. The van der Waals surface area contributed by atoms with E-state index in [1.807, 2.05) is 0 Å². The molecule has 0 saturated carbocycles. The summed E-state index contributed by atoms with van der Waals surface area (Å²) in [5, 5.41) is -0.783. The minimum Gasteiger partial charge on any atom is -0.310 e. The fraction of sp³-hybridized carbons (Fsp3) is 0.188. The number of hydrogen-bond donors (Lipinski definition) is 0. The SMILES string of the molecule is Fc1cccc(F)c1C1SCc2nc3ccc(C(F)(F)F)cc3n21. The zero-order valence-electron chi connectivity index (χ0n) is 11.9. The van der Waals surface area contributed by atoms with E-state index >= 15 is 0 Å². The maximum absolute atomic E-state index is 14.1. The standard InChI is InChI=1S/C16H9F5N2S/c17-9-2-1-3-10(18)14(9)15-23-12-6-8(16(19,20)21)4-5-11(12)22-13(23)7-24-15/h1-6,15H,7H2. The Kier molecular flexibility index (Phi) is 3.35. The number of aromatic nitrogens is 2. The number of nitrogens with zero attached hydrogens (tertiary/aromatic N) is 2. The number of alkyl halides is 3. The molecule has 0 radical (unpaired) electrons. The first-order valence-corrected chi connectivity index (χ1v) is 8.04. The third kappa shape index (κ3) is 2.28. The summed E-state index contributed by atoms with van der Waals surface area (Å²) < 4.78 is 68.6. The van der Waals surface area contributed by atoms with Gasteiger partial charge in [0.15, 0.2) is 0 Å². The van der Waals surface area contributed by atoms with Gasteiger partial charge in [0.1, 0.15) is 22.8 Å². The van der Waals surface area contributed by atoms with E-state index in [-0.39, 0.29) is 11.1 Å². The summed E-state index contributed by atoms with van der Waals surface area (Å²) in [5.74, 6) is -0.584. The summed E-state index contributed by atoms with van der Waals surface area (Å²) in [6.07, 6.45) is -4.50. The predicted octanol–water partition coefficient (Wildman–Crippen LogP) is 5.13. The normalized spacial score (nSPS) is 17.5. The van der Waals surface area contributed by atoms with E-state index < -0.39 is 28.7 Å². The summed E-state index contributed by atoms with van der Waals surface area (Å²) in [6, 6.07) is 6.74. The molecule has 2 heterocycles. The first-order valence-electron chi connectivity index (χ1n) is 7.00. The average Bonchev–Trinajstić information content (AvgIpc) is 3.05. The van der Waals surface area contributed by atoms with Gasteiger partial charge in [-0.2, -0.15) is 13.2 Å². The Morgan fingerprint density at radius 3 is 2.46 bits per heavy atom. The number of imidazole rings is 1. The van der Waals surface area contributed by atoms with Gasteiger partial charge in [0.2, 0.25) is 0 Å². The topological polar surface area (TPSA) is 17.8 Å². The zero-order chi connectivity index (χ0) is 17.1. The van der Waals surface area contributed by atoms with Crippen molar-refractivity contribution in [2.75, 3.05) is 0 Å². The van der Waals surface area contributed by atoms with Crippen molar-refractivity contribution in [3.8, 4) is 0 Å². The van der Waals surface area contributed by atoms with Gasteiger partial charge in [0, 0.05) is 0 Å². The molecule has 0 spiro atoms. The molecule has 3 aromatic rings. The molecule has 24 heavy (non-hydrogen) atoms. The van der Waals surface area contributed by atoms with E-state index in [2.05, 4.69) is 4.98 Å². The van der Waals surface area contributed by atoms with Crippen molar-refractivity contribution in [1.82, 2.24) is 9.55 Å². The van der Waals surface area contributed by atoms with Crippen LogP contribution >= 0.6 is 11.8 Å². The predicted molar refractivity (Wildman–Crippen MR) is 80.5 cm³/mol. The molecule has 4 rings (SSSR count). The molecule has 1 aliphatic rings. The summed E-state index contributed by atoms with van der Waals surface area (Å²) in [6.45, 7) is 0. The quantitative estimate of drug-likeness (QED) is 0.563. The van der Waals surface area contributed by atoms with E-state index in [4.69, 9.17) is 0 Å². The van der Waals surface area contributed by atoms with Gasteiger partial charge in [0.05, 0.1) is 27.9 Å². The van der Waals surface area contributed by atoms with E-state index in [1.165, 1.54) is 28.5 Å². The van der Waals surface area contributed by atoms with Crippen LogP contribution in [0.3, 0.4) is 0 Å². The second-order valence-corrected chi connectivity index (χ2v) is 6.47. The van der Waals surface area contributed by atoms with Crippen LogP contribution in [0.1, 0.15) is 22.3 Å². The molecule has 0 fully saturated rings. The van der Waals surface area contributed by atoms with Gasteiger partial charge in [0.25, 0.3) is 0 Å². The Balaban J connectivity index is 1.94. The minimum atomic E-state index is -4.50. The smallest absolute Gasteiger partial charge is 0.310 e. The number of hydrogen-bond acceptors (Lipinski definition) is 2. The summed E-state index contributed by atoms with van der Waals surface area (Å²) in [5.41, 5.74) is -0.391. The molecule has 0 bridgehead atoms. The van der Waals surface area contributed by atoms with Crippen molar-refractivity contribution in [2.45, 2.75) is 17.3 Å². The monoisotopic (exact) mass is 356 g/mol. The maximum Gasteiger partial charge on any atom is 0.416 e. The van der Waals surface area contributed by atoms with E-state index in [0.29, 0.717) is 17.1 Å². The molecule has 2 nitrogen and oxygen atoms in total. The molecule has 124 valence electrons. The van der Waals surface area contributed by atoms with Crippen molar-refractivity contribution < 1.29 is 22.0 Å². The van der Waals surface area contributed by atoms with E-state index in [0.717, 1.165) is 24.3 Å². The Hall–Kier alpha value is -2.09. The van der Waals surface area contributed by atoms with E-state index in [9.17, 15) is 22.0 Å². The van der Waals surface area contributed by atoms with Crippen LogP contribution in [0.15, 0.2) is 36.4 Å². The lowest BCUT2D eigenvalue weighted by Gasteiger charge is -2.16. The number of fused-ring (bicyclic) bond motifs is 3. The van der Waals surface area contributed by atoms with Crippen LogP contribution in [-0.2, 0) is 11.9 Å². The molecule has 0 N–H and O–H groups in total. The number of rotatable bonds is 1. The number of thioether (sulfide) groups is 1. The van der Waals surface area contributed by atoms with Crippen LogP contribution in [0.25, 0.3) is 11.0 Å². The van der Waals surface area contributed by atoms with Crippen LogP contribution in [0.2, 0.25) is 0 Å². The Labute approximate surface area is 137 Å². The van der Waals surface area contributed by atoms with Crippen molar-refractivity contribution in [3.05, 3.63) is 65.0 Å². The van der Waals surface area contributed by atoms with Crippen molar-refractivity contribution in [1.29, 1.82) is 0 Å². The highest BCUT2D eigenvalue weighted by Gasteiger charge is 2.34. The highest BCUT2D eigenvalue weighted by atomic mass is 32.2. The van der Waals surface area contributed by atoms with Gasteiger partial charge >= 0.3 is 6.18 Å². The summed E-state index contributed by atoms with van der Waals surface area (Å²) in [4.78, 5) is 4.28. The van der Waals surface area contributed by atoms with Gasteiger partial charge in [-0.3, -0.25) is 0 Å². The average molecular weight is 356 g/mol. The molecule has 1 aromatic heterocycles. The van der Waals surface area contributed by atoms with Gasteiger partial charge in [-0.15, -0.1) is 11.8 Å². The zero-order valence-corrected chi connectivity index (χ0v) is 12.8. The maximum atomic E-state index is 14.1. The van der Waals surface area contributed by atoms with Crippen LogP contribution in [0, 0.1) is 11.6 Å². The molecule has 0 amide bonds. The first-order chi connectivity index (χ1) is 11.4. The van der Waals surface area contributed by atoms with Crippen LogP contribution < -0.4 is 0 Å². The Morgan fingerprint density at radius 1 is 1.08 bits per heavy atom. The van der Waals surface area contributed by atoms with Crippen molar-refractivity contribution >= 4 is 22.8 Å². The van der Waals surface area contributed by atoms with Crippen LogP contribution in [0.4, 0.5) is 22.0 Å². The molecule has 0 saturated heterocycles. The Bertz CT molecular complexity index is 927. The minimum absolute atomic E-state index is 0.169. The lowest BCUT2D eigenvalue weighted by atomic mass is 10.1. The third-order valence-corrected chi connectivity index (χ3v) is 5.13. The molecular formula is C16H9F5N2S. The number of halogens is 5. The fourth-order valence-electron chi connectivity index (χ4n) is 2.87. The largest absolute Gasteiger partial charge is 0.416 e. The highest BCUT2D eigenvalue weighted by Crippen LogP contribution is 2.45. The summed E-state index contributed by atoms with van der Waals surface area (Å²) >= 11 is 1.23. The lowest BCUT2D eigenvalue weighted by Crippen LogP contribution is -2.09. The van der Waals surface area contributed by atoms with Gasteiger partial charge in [-0.1, -0.05) is 6.07 Å². The van der Waals surface area contributed by atoms with Crippen molar-refractivity contribution in [2.24, 2.45) is 0 Å². The lowest BCUT2D eigenvalue weighted by molar-refractivity contribution is -0.137. The van der Waals surface area contributed by atoms with Crippen LogP contribution in [0.5, 0.6) is 0 Å². The van der Waals surface area contributed by atoms with Crippen LogP contribution in [-0.4, -0.2) is 9.55 Å². The molecule has 2 aromatic carbocycles. The molecule has 1 aliphatic heterocycles. The van der Waals surface area contributed by atoms with E-state index in [1.54, 1.807) is 0 Å². The molecule has 8 heteroatoms. The fourth-order valence-corrected chi connectivity index (χ4v) is 4.16. The van der Waals surface area contributed by atoms with Gasteiger partial charge in [-0.05, 0) is 30.3 Å². The molecule has 0 aliphatic carbocycles. The van der Waals surface area contributed by atoms with Crippen molar-refractivity contribution in [3.63, 3.8) is 0 Å². The van der Waals surface area contributed by atoms with Gasteiger partial charge < -0.3 is 4.57 Å². The highest BCUT2D eigenvalue weighted by molar-refractivity contribution is 7.99. The third-order valence-electron chi connectivity index (χ3n) is 3.94. The first kappa shape index (κ1) is 15.4. The molecule has 1 unspecified atom stereocenters. The second kappa shape index (κ2) is 5.20. The molecular weight excluding hydrogens is 347 g/mol. The Morgan fingerprint density at radius 2 is 1.79 bits per heavy atom. The summed E-state index contributed by atoms with van der Waals surface area (Å²) in [7, 11) is 0.